The molecule has 0 saturated carbocycles. The summed E-state index contributed by atoms with van der Waals surface area (Å²) in [5, 5.41) is 22.7. The number of hydrogen-bond acceptors (Lipinski definition) is 3. The molecular formula is C11H24FGeHfO3-. The van der Waals surface area contributed by atoms with Gasteiger partial charge in [0.05, 0.1) is 0 Å². The van der Waals surface area contributed by atoms with Crippen LogP contribution in [0.15, 0.2) is 24.3 Å². The van der Waals surface area contributed by atoms with E-state index in [9.17, 15) is 3.50 Å². The molecule has 102 valence electrons. The van der Waals surface area contributed by atoms with Gasteiger partial charge in [0.2, 0.25) is 0 Å². The van der Waals surface area contributed by atoms with Crippen molar-refractivity contribution in [1.29, 1.82) is 0 Å². The summed E-state index contributed by atoms with van der Waals surface area (Å²) in [6.07, 6.45) is 0. The molecule has 0 amide bonds. The van der Waals surface area contributed by atoms with Gasteiger partial charge in [-0.1, -0.05) is 0 Å². The third-order valence-electron chi connectivity index (χ3n) is 0.886. The van der Waals surface area contributed by atoms with E-state index in [1.807, 2.05) is 24.3 Å². The van der Waals surface area contributed by atoms with Gasteiger partial charge in [-0.2, -0.15) is 0 Å². The first-order valence-electron chi connectivity index (χ1n) is 5.27. The molecule has 1 rings (SSSR count). The minimum absolute atomic E-state index is 0. The number of rotatable bonds is 1. The molecule has 0 heterocycles. The van der Waals surface area contributed by atoms with Gasteiger partial charge < -0.3 is 15.3 Å². The van der Waals surface area contributed by atoms with Crippen molar-refractivity contribution in [3.8, 4) is 0 Å². The van der Waals surface area contributed by atoms with Gasteiger partial charge in [-0.25, -0.2) is 0 Å². The molecule has 6 heteroatoms. The first kappa shape index (κ1) is 26.2. The summed E-state index contributed by atoms with van der Waals surface area (Å²) in [5.41, 5.74) is 0. The van der Waals surface area contributed by atoms with Crippen LogP contribution >= 0.6 is 0 Å². The number of aliphatic hydroxyl groups is 3. The van der Waals surface area contributed by atoms with Crippen LogP contribution in [0.3, 0.4) is 0 Å². The van der Waals surface area contributed by atoms with E-state index >= 15 is 0 Å². The third kappa shape index (κ3) is 38.4. The molecule has 0 aliphatic carbocycles. The van der Waals surface area contributed by atoms with Crippen LogP contribution in [0.4, 0.5) is 3.50 Å². The van der Waals surface area contributed by atoms with Crippen molar-refractivity contribution >= 4 is 20.3 Å². The van der Waals surface area contributed by atoms with Crippen molar-refractivity contribution in [2.75, 3.05) is 19.8 Å². The van der Waals surface area contributed by atoms with Crippen LogP contribution in [0.25, 0.3) is 0 Å². The van der Waals surface area contributed by atoms with E-state index in [4.69, 9.17) is 15.3 Å². The molecule has 0 fully saturated rings. The molecule has 0 unspecified atom stereocenters. The van der Waals surface area contributed by atoms with E-state index in [1.165, 1.54) is 0 Å². The van der Waals surface area contributed by atoms with E-state index < -0.39 is 15.9 Å². The average Bonchev–Trinajstić information content (AvgIpc) is 2.73. The molecule has 3 N–H and O–H groups in total. The maximum absolute atomic E-state index is 11.7. The Hall–Kier alpha value is 0.573. The zero-order valence-electron chi connectivity index (χ0n) is 10.9. The van der Waals surface area contributed by atoms with Gasteiger partial charge in [0, 0.05) is 45.7 Å². The summed E-state index contributed by atoms with van der Waals surface area (Å²) >= 11 is -1.73. The van der Waals surface area contributed by atoms with Gasteiger partial charge in [0.25, 0.3) is 0 Å². The van der Waals surface area contributed by atoms with E-state index in [0.29, 0.717) is 0 Å². The fraction of sp³-hybridized carbons (Fsp3) is 0.545. The Morgan fingerprint density at radius 2 is 1.18 bits per heavy atom. The van der Waals surface area contributed by atoms with Gasteiger partial charge in [-0.3, -0.25) is 0 Å². The maximum atomic E-state index is 11.7. The van der Waals surface area contributed by atoms with E-state index in [2.05, 4.69) is 0 Å². The molecule has 0 aromatic heterocycles. The molecule has 0 aliphatic heterocycles. The zero-order chi connectivity index (χ0) is 13.2. The number of hydrogen-bond donors (Lipinski definition) is 3. The summed E-state index contributed by atoms with van der Waals surface area (Å²) in [5.74, 6) is 0. The second kappa shape index (κ2) is 30.0. The largest absolute Gasteiger partial charge is 0 e. The summed E-state index contributed by atoms with van der Waals surface area (Å²) in [6.45, 7) is 5.79. The minimum atomic E-state index is -1.73. The van der Waals surface area contributed by atoms with Gasteiger partial charge in [-0.05, 0) is 20.8 Å². The predicted molar refractivity (Wildman–Crippen MR) is 69.6 cm³/mol. The first-order chi connectivity index (χ1) is 7.67. The van der Waals surface area contributed by atoms with Crippen molar-refractivity contribution in [2.24, 2.45) is 0 Å². The van der Waals surface area contributed by atoms with Crippen LogP contribution in [0.1, 0.15) is 20.8 Å². The van der Waals surface area contributed by atoms with Crippen molar-refractivity contribution in [2.45, 2.75) is 20.8 Å². The van der Waals surface area contributed by atoms with E-state index in [-0.39, 0.29) is 45.7 Å². The molecule has 0 aliphatic rings. The van der Waals surface area contributed by atoms with Crippen LogP contribution in [-0.2, 0) is 25.8 Å². The fourth-order valence-corrected chi connectivity index (χ4v) is 1.45. The van der Waals surface area contributed by atoms with Gasteiger partial charge in [0.15, 0.2) is 0 Å². The Bertz CT molecular complexity index is 170. The molecule has 1 aromatic rings. The van der Waals surface area contributed by atoms with Crippen LogP contribution < -0.4 is 4.40 Å². The van der Waals surface area contributed by atoms with Crippen molar-refractivity contribution in [3.05, 3.63) is 24.3 Å². The Labute approximate surface area is 129 Å². The van der Waals surface area contributed by atoms with Gasteiger partial charge >= 0.3 is 48.1 Å². The van der Waals surface area contributed by atoms with Crippen LogP contribution in [0, 0.1) is 0 Å². The molecule has 1 aromatic carbocycles. The normalized spacial score (nSPS) is 7.71. The fourth-order valence-electron chi connectivity index (χ4n) is 0.503. The summed E-state index contributed by atoms with van der Waals surface area (Å²) in [4.78, 5) is 0. The Morgan fingerprint density at radius 3 is 1.29 bits per heavy atom. The van der Waals surface area contributed by atoms with Gasteiger partial charge in [0.1, 0.15) is 0 Å². The predicted octanol–water partition coefficient (Wildman–Crippen LogP) is 0.0774. The summed E-state index contributed by atoms with van der Waals surface area (Å²) in [6, 6.07) is 7.44. The monoisotopic (exact) mass is 477 g/mol. The molecule has 17 heavy (non-hydrogen) atoms. The molecule has 0 saturated heterocycles. The van der Waals surface area contributed by atoms with E-state index in [1.54, 1.807) is 20.8 Å². The van der Waals surface area contributed by atoms with Crippen molar-refractivity contribution in [1.82, 2.24) is 0 Å². The van der Waals surface area contributed by atoms with Crippen LogP contribution in [0.5, 0.6) is 0 Å². The zero-order valence-corrected chi connectivity index (χ0v) is 17.4. The first-order valence-corrected chi connectivity index (χ1v) is 7.87. The SMILES string of the molecule is CCO.CCO.CCO.[F][GeH2][c-]1cccc1.[Hf]. The second-order valence-electron chi connectivity index (χ2n) is 2.38. The van der Waals surface area contributed by atoms with Crippen molar-refractivity contribution in [3.63, 3.8) is 0 Å². The topological polar surface area (TPSA) is 60.7 Å². The second-order valence-corrected chi connectivity index (χ2v) is 4.65. The smallest absolute Gasteiger partial charge is 0 e. The third-order valence-corrected chi connectivity index (χ3v) is 2.52. The molecule has 0 bridgehead atoms. The summed E-state index contributed by atoms with van der Waals surface area (Å²) < 4.78 is 12.7. The van der Waals surface area contributed by atoms with Crippen LogP contribution in [0.2, 0.25) is 0 Å². The Morgan fingerprint density at radius 1 is 0.941 bits per heavy atom. The summed E-state index contributed by atoms with van der Waals surface area (Å²) in [7, 11) is 0. The maximum Gasteiger partial charge on any atom is 0 e. The van der Waals surface area contributed by atoms with E-state index in [0.717, 1.165) is 4.40 Å². The molecule has 3 nitrogen and oxygen atoms in total. The Balaban J connectivity index is -0.0000000734. The average molecular weight is 474 g/mol. The minimum Gasteiger partial charge on any atom is 0 e. The van der Waals surface area contributed by atoms with Crippen molar-refractivity contribution < 1.29 is 44.7 Å². The Kier molecular flexibility index (Phi) is 46.2. The molecular weight excluding hydrogens is 450 g/mol. The quantitative estimate of drug-likeness (QED) is 0.399. The number of aliphatic hydroxyl groups excluding tert-OH is 3. The standard InChI is InChI=1S/C5H6FGe.3C2H6O.Hf/c6-7-5-3-1-2-4-5;3*1-2-3;/h1-4H,7H2;3*3H,2H2,1H3;/q-1;;;;. The molecule has 0 atom stereocenters. The van der Waals surface area contributed by atoms with Gasteiger partial charge in [-0.15, -0.1) is 0 Å². The van der Waals surface area contributed by atoms with Crippen LogP contribution in [-0.4, -0.2) is 51.0 Å². The molecule has 0 spiro atoms. The number of halogens is 1. The molecule has 0 radical (unpaired) electrons.